The molecule has 2 rings (SSSR count). The fourth-order valence-corrected chi connectivity index (χ4v) is 2.79. The van der Waals surface area contributed by atoms with Gasteiger partial charge in [-0.25, -0.2) is 0 Å². The van der Waals surface area contributed by atoms with E-state index in [-0.39, 0.29) is 42.4 Å². The summed E-state index contributed by atoms with van der Waals surface area (Å²) in [6, 6.07) is 4.19. The van der Waals surface area contributed by atoms with Crippen molar-refractivity contribution < 1.29 is 37.3 Å². The van der Waals surface area contributed by atoms with Crippen LogP contribution in [0.5, 0.6) is 11.5 Å². The molecule has 11 nitrogen and oxygen atoms in total. The highest BCUT2D eigenvalue weighted by Gasteiger charge is 2.33. The van der Waals surface area contributed by atoms with Crippen molar-refractivity contribution in [2.75, 3.05) is 32.1 Å². The van der Waals surface area contributed by atoms with E-state index in [1.54, 1.807) is 6.92 Å². The molecule has 0 aliphatic heterocycles. The lowest BCUT2D eigenvalue weighted by Crippen LogP contribution is -2.29. The number of nitro groups is 2. The zero-order valence-corrected chi connectivity index (χ0v) is 17.4. The maximum Gasteiger partial charge on any atom is 0.416 e. The second-order valence-electron chi connectivity index (χ2n) is 6.38. The van der Waals surface area contributed by atoms with Gasteiger partial charge in [-0.15, -0.1) is 0 Å². The van der Waals surface area contributed by atoms with E-state index in [1.165, 1.54) is 7.11 Å². The Balaban J connectivity index is 2.13. The Morgan fingerprint density at radius 1 is 1.03 bits per heavy atom. The summed E-state index contributed by atoms with van der Waals surface area (Å²) in [4.78, 5) is 33.2. The fourth-order valence-electron chi connectivity index (χ4n) is 2.79. The molecule has 2 aromatic rings. The van der Waals surface area contributed by atoms with Crippen LogP contribution in [0.15, 0.2) is 30.3 Å². The number of benzene rings is 2. The Morgan fingerprint density at radius 3 is 2.24 bits per heavy atom. The average Bonchev–Trinajstić information content (AvgIpc) is 2.75. The van der Waals surface area contributed by atoms with Crippen LogP contribution in [-0.2, 0) is 6.18 Å². The summed E-state index contributed by atoms with van der Waals surface area (Å²) in [5, 5.41) is 27.4. The molecule has 0 atom stereocenters. The number of ether oxygens (including phenoxy) is 2. The summed E-state index contributed by atoms with van der Waals surface area (Å²) < 4.78 is 48.7. The van der Waals surface area contributed by atoms with Gasteiger partial charge in [0.1, 0.15) is 11.3 Å². The highest BCUT2D eigenvalue weighted by Crippen LogP contribution is 2.36. The van der Waals surface area contributed by atoms with Crippen LogP contribution in [0.4, 0.5) is 30.2 Å². The first kappa shape index (κ1) is 25.2. The zero-order chi connectivity index (χ0) is 24.8. The lowest BCUT2D eigenvalue weighted by atomic mass is 10.1. The number of carbonyl (C=O) groups is 1. The smallest absolute Gasteiger partial charge is 0.416 e. The summed E-state index contributed by atoms with van der Waals surface area (Å²) in [6.07, 6.45) is -4.75. The van der Waals surface area contributed by atoms with E-state index in [0.717, 1.165) is 18.2 Å². The number of anilines is 1. The number of nitrogens with one attached hydrogen (secondary N) is 2. The average molecular weight is 472 g/mol. The van der Waals surface area contributed by atoms with Gasteiger partial charge in [0, 0.05) is 25.2 Å². The number of halogens is 3. The van der Waals surface area contributed by atoms with Crippen LogP contribution < -0.4 is 20.1 Å². The van der Waals surface area contributed by atoms with E-state index in [1.807, 2.05) is 0 Å². The monoisotopic (exact) mass is 472 g/mol. The van der Waals surface area contributed by atoms with E-state index >= 15 is 0 Å². The second kappa shape index (κ2) is 10.5. The lowest BCUT2D eigenvalue weighted by molar-refractivity contribution is -0.385. The first-order chi connectivity index (χ1) is 15.5. The predicted molar refractivity (Wildman–Crippen MR) is 110 cm³/mol. The molecule has 0 heterocycles. The molecular weight excluding hydrogens is 453 g/mol. The Morgan fingerprint density at radius 2 is 1.70 bits per heavy atom. The number of amides is 1. The third-order valence-corrected chi connectivity index (χ3v) is 4.27. The van der Waals surface area contributed by atoms with Crippen LogP contribution in [0, 0.1) is 20.2 Å². The van der Waals surface area contributed by atoms with Crippen molar-refractivity contribution in [2.45, 2.75) is 13.1 Å². The van der Waals surface area contributed by atoms with Crippen molar-refractivity contribution in [3.8, 4) is 11.5 Å². The van der Waals surface area contributed by atoms with Gasteiger partial charge in [0.05, 0.1) is 35.2 Å². The molecule has 0 fully saturated rings. The number of nitro benzene ring substituents is 2. The Labute approximate surface area is 184 Å². The minimum atomic E-state index is -4.75. The summed E-state index contributed by atoms with van der Waals surface area (Å²) >= 11 is 0. The number of hydrogen-bond acceptors (Lipinski definition) is 8. The van der Waals surface area contributed by atoms with Crippen LogP contribution in [0.1, 0.15) is 22.8 Å². The van der Waals surface area contributed by atoms with Gasteiger partial charge in [-0.05, 0) is 19.1 Å². The number of carbonyl (C=O) groups excluding carboxylic acids is 1. The zero-order valence-electron chi connectivity index (χ0n) is 17.4. The summed E-state index contributed by atoms with van der Waals surface area (Å²) in [7, 11) is 1.29. The first-order valence-corrected chi connectivity index (χ1v) is 9.36. The topological polar surface area (TPSA) is 146 Å². The highest BCUT2D eigenvalue weighted by molar-refractivity contribution is 5.99. The third kappa shape index (κ3) is 6.21. The molecule has 0 saturated carbocycles. The molecule has 0 aliphatic rings. The Kier molecular flexibility index (Phi) is 7.99. The number of methoxy groups -OCH3 is 1. The normalized spacial score (nSPS) is 10.9. The van der Waals surface area contributed by atoms with Crippen molar-refractivity contribution in [1.29, 1.82) is 0 Å². The van der Waals surface area contributed by atoms with Crippen molar-refractivity contribution in [3.05, 3.63) is 61.7 Å². The molecule has 14 heteroatoms. The first-order valence-electron chi connectivity index (χ1n) is 9.36. The highest BCUT2D eigenvalue weighted by atomic mass is 19.4. The molecule has 0 unspecified atom stereocenters. The molecule has 0 radical (unpaired) electrons. The summed E-state index contributed by atoms with van der Waals surface area (Å²) in [6.45, 7) is 1.63. The predicted octanol–water partition coefficient (Wildman–Crippen LogP) is 3.77. The number of rotatable bonds is 10. The van der Waals surface area contributed by atoms with Gasteiger partial charge in [0.15, 0.2) is 11.5 Å². The Hall–Kier alpha value is -4.10. The lowest BCUT2D eigenvalue weighted by Gasteiger charge is -2.13. The minimum absolute atomic E-state index is 0.0661. The van der Waals surface area contributed by atoms with Gasteiger partial charge >= 0.3 is 6.18 Å². The van der Waals surface area contributed by atoms with Gasteiger partial charge in [0.2, 0.25) is 0 Å². The van der Waals surface area contributed by atoms with Gasteiger partial charge in [-0.3, -0.25) is 25.0 Å². The van der Waals surface area contributed by atoms with Gasteiger partial charge in [-0.1, -0.05) is 0 Å². The third-order valence-electron chi connectivity index (χ3n) is 4.27. The fraction of sp³-hybridized carbons (Fsp3) is 0.316. The quantitative estimate of drug-likeness (QED) is 0.302. The molecule has 2 N–H and O–H groups in total. The van der Waals surface area contributed by atoms with Crippen molar-refractivity contribution >= 4 is 23.0 Å². The standard InChI is InChI=1S/C19H19F3N4O7/c1-3-33-17-9-12(14(25(28)29)10-16(17)32-2)18(27)24-7-6-23-13-5-4-11(19(20,21)22)8-15(13)26(30)31/h4-5,8-10,23H,3,6-7H2,1-2H3,(H,24,27). The summed E-state index contributed by atoms with van der Waals surface area (Å²) in [5.74, 6) is -0.639. The molecule has 178 valence electrons. The van der Waals surface area contributed by atoms with E-state index in [4.69, 9.17) is 9.47 Å². The van der Waals surface area contributed by atoms with Crippen LogP contribution in [-0.4, -0.2) is 42.6 Å². The van der Waals surface area contributed by atoms with Gasteiger partial charge in [-0.2, -0.15) is 13.2 Å². The van der Waals surface area contributed by atoms with Crippen molar-refractivity contribution in [2.24, 2.45) is 0 Å². The molecule has 0 aromatic heterocycles. The maximum absolute atomic E-state index is 12.8. The van der Waals surface area contributed by atoms with Crippen LogP contribution >= 0.6 is 0 Å². The molecular formula is C19H19F3N4O7. The second-order valence-corrected chi connectivity index (χ2v) is 6.38. The van der Waals surface area contributed by atoms with Crippen molar-refractivity contribution in [3.63, 3.8) is 0 Å². The molecule has 33 heavy (non-hydrogen) atoms. The van der Waals surface area contributed by atoms with Gasteiger partial charge in [0.25, 0.3) is 17.3 Å². The molecule has 0 saturated heterocycles. The van der Waals surface area contributed by atoms with E-state index in [9.17, 15) is 38.2 Å². The number of alkyl halides is 3. The molecule has 0 aliphatic carbocycles. The van der Waals surface area contributed by atoms with Crippen LogP contribution in [0.3, 0.4) is 0 Å². The largest absolute Gasteiger partial charge is 0.493 e. The molecule has 2 aromatic carbocycles. The number of hydrogen-bond donors (Lipinski definition) is 2. The number of nitrogens with zero attached hydrogens (tertiary/aromatic N) is 2. The SMILES string of the molecule is CCOc1cc(C(=O)NCCNc2ccc(C(F)(F)F)cc2[N+](=O)[O-])c([N+](=O)[O-])cc1OC. The van der Waals surface area contributed by atoms with E-state index < -0.39 is 38.9 Å². The van der Waals surface area contributed by atoms with Gasteiger partial charge < -0.3 is 20.1 Å². The molecule has 1 amide bonds. The maximum atomic E-state index is 12.8. The van der Waals surface area contributed by atoms with Crippen LogP contribution in [0.25, 0.3) is 0 Å². The Bertz CT molecular complexity index is 1060. The molecule has 0 spiro atoms. The summed E-state index contributed by atoms with van der Waals surface area (Å²) in [5.41, 5.74) is -2.98. The minimum Gasteiger partial charge on any atom is -0.493 e. The van der Waals surface area contributed by atoms with Crippen molar-refractivity contribution in [1.82, 2.24) is 5.32 Å². The van der Waals surface area contributed by atoms with E-state index in [2.05, 4.69) is 10.6 Å². The molecule has 0 bridgehead atoms. The van der Waals surface area contributed by atoms with E-state index in [0.29, 0.717) is 12.1 Å². The van der Waals surface area contributed by atoms with Crippen LogP contribution in [0.2, 0.25) is 0 Å².